The molecule has 9 N–H and O–H groups in total. The summed E-state index contributed by atoms with van der Waals surface area (Å²) in [4.78, 5) is 0. The van der Waals surface area contributed by atoms with Gasteiger partial charge in [-0.25, -0.2) is 4.39 Å². The molecule has 36 heavy (non-hydrogen) atoms. The number of benzene rings is 4. The zero-order valence-electron chi connectivity index (χ0n) is 20.7. The molecule has 0 radical (unpaired) electrons. The lowest BCUT2D eigenvalue weighted by atomic mass is 10.0. The maximum Gasteiger partial charge on any atom is 0.138 e. The number of hydrogen-bond acceptors (Lipinski definition) is 6. The average Bonchev–Trinajstić information content (AvgIpc) is 2.87. The van der Waals surface area contributed by atoms with Gasteiger partial charge in [-0.15, -0.1) is 0 Å². The van der Waals surface area contributed by atoms with Gasteiger partial charge in [-0.2, -0.15) is 5.26 Å². The fourth-order valence-corrected chi connectivity index (χ4v) is 2.89. The molecule has 4 rings (SSSR count). The van der Waals surface area contributed by atoms with Crippen LogP contribution in [0.15, 0.2) is 91.0 Å². The van der Waals surface area contributed by atoms with E-state index in [9.17, 15) is 4.39 Å². The summed E-state index contributed by atoms with van der Waals surface area (Å²) in [6.07, 6.45) is 2.05. The predicted octanol–water partition coefficient (Wildman–Crippen LogP) is 5.92. The largest absolute Gasteiger partial charge is 0.506 e. The molecule has 7 heteroatoms. The van der Waals surface area contributed by atoms with Crippen LogP contribution < -0.4 is 22.9 Å². The van der Waals surface area contributed by atoms with Gasteiger partial charge in [0.15, 0.2) is 0 Å². The lowest BCUT2D eigenvalue weighted by Crippen LogP contribution is -1.97. The molecule has 0 fully saturated rings. The van der Waals surface area contributed by atoms with Gasteiger partial charge in [0.1, 0.15) is 11.6 Å². The van der Waals surface area contributed by atoms with Gasteiger partial charge in [-0.05, 0) is 72.5 Å². The minimum atomic E-state index is -0.287. The normalized spacial score (nSPS) is 9.17. The van der Waals surface area contributed by atoms with Crippen molar-refractivity contribution in [1.82, 2.24) is 0 Å². The number of halogens is 1. The lowest BCUT2D eigenvalue weighted by Gasteiger charge is -2.06. The highest BCUT2D eigenvalue weighted by atomic mass is 19.1. The molecule has 0 aliphatic heterocycles. The highest BCUT2D eigenvalue weighted by Gasteiger charge is 1.99. The van der Waals surface area contributed by atoms with Crippen molar-refractivity contribution in [1.29, 1.82) is 5.26 Å². The van der Waals surface area contributed by atoms with Gasteiger partial charge in [0.25, 0.3) is 0 Å². The second kappa shape index (κ2) is 16.0. The van der Waals surface area contributed by atoms with Gasteiger partial charge in [-0.1, -0.05) is 56.3 Å². The summed E-state index contributed by atoms with van der Waals surface area (Å²) in [5.74, 6) is -0.141. The SMILES string of the molecule is CCc1cccc(CC)c1N.N#Cc1cccc(N)c1.Nc1cccc(F)c1.Nc1ccccc1O. The third-order valence-electron chi connectivity index (χ3n) is 4.85. The molecule has 0 aromatic heterocycles. The first-order valence-corrected chi connectivity index (χ1v) is 11.4. The number of anilines is 4. The fourth-order valence-electron chi connectivity index (χ4n) is 2.89. The zero-order valence-corrected chi connectivity index (χ0v) is 20.7. The topological polar surface area (TPSA) is 148 Å². The van der Waals surface area contributed by atoms with Crippen LogP contribution in [0.3, 0.4) is 0 Å². The van der Waals surface area contributed by atoms with E-state index in [4.69, 9.17) is 33.3 Å². The molecule has 0 aliphatic rings. The number of para-hydroxylation sites is 3. The van der Waals surface area contributed by atoms with Gasteiger partial charge in [0.2, 0.25) is 0 Å². The molecule has 0 heterocycles. The molecule has 0 spiro atoms. The minimum absolute atomic E-state index is 0.146. The van der Waals surface area contributed by atoms with Crippen molar-refractivity contribution in [2.24, 2.45) is 0 Å². The molecular formula is C29H34FN5O. The Morgan fingerprint density at radius 2 is 1.25 bits per heavy atom. The van der Waals surface area contributed by atoms with Crippen molar-refractivity contribution in [2.75, 3.05) is 22.9 Å². The van der Waals surface area contributed by atoms with E-state index >= 15 is 0 Å². The molecule has 0 bridgehead atoms. The van der Waals surface area contributed by atoms with E-state index in [2.05, 4.69) is 32.0 Å². The van der Waals surface area contributed by atoms with E-state index in [0.717, 1.165) is 18.5 Å². The number of rotatable bonds is 2. The van der Waals surface area contributed by atoms with Gasteiger partial charge < -0.3 is 28.0 Å². The van der Waals surface area contributed by atoms with Crippen LogP contribution in [0.5, 0.6) is 5.75 Å². The number of aryl methyl sites for hydroxylation is 2. The van der Waals surface area contributed by atoms with Crippen molar-refractivity contribution in [3.8, 4) is 11.8 Å². The molecule has 0 saturated carbocycles. The summed E-state index contributed by atoms with van der Waals surface area (Å²) in [7, 11) is 0. The number of hydrogen-bond donors (Lipinski definition) is 5. The van der Waals surface area contributed by atoms with Crippen molar-refractivity contribution in [2.45, 2.75) is 26.7 Å². The summed E-state index contributed by atoms with van der Waals surface area (Å²) in [6.45, 7) is 4.26. The quantitative estimate of drug-likeness (QED) is 0.175. The van der Waals surface area contributed by atoms with Crippen LogP contribution in [-0.4, -0.2) is 5.11 Å². The van der Waals surface area contributed by atoms with E-state index in [1.807, 2.05) is 6.07 Å². The van der Waals surface area contributed by atoms with Crippen LogP contribution in [0.1, 0.15) is 30.5 Å². The molecule has 0 aliphatic carbocycles. The Hall–Kier alpha value is -4.70. The molecule has 0 saturated heterocycles. The van der Waals surface area contributed by atoms with Crippen LogP contribution >= 0.6 is 0 Å². The maximum atomic E-state index is 12.1. The first kappa shape index (κ1) is 29.3. The molecule has 0 amide bonds. The smallest absolute Gasteiger partial charge is 0.138 e. The third-order valence-corrected chi connectivity index (χ3v) is 4.85. The van der Waals surface area contributed by atoms with Crippen molar-refractivity contribution in [3.63, 3.8) is 0 Å². The molecule has 188 valence electrons. The van der Waals surface area contributed by atoms with Gasteiger partial charge in [0, 0.05) is 17.1 Å². The molecule has 0 atom stereocenters. The van der Waals surface area contributed by atoms with Gasteiger partial charge >= 0.3 is 0 Å². The van der Waals surface area contributed by atoms with Crippen LogP contribution in [-0.2, 0) is 12.8 Å². The standard InChI is InChI=1S/C10H15N.C7H6N2.C6H6FN.C6H7NO/c1-3-8-6-5-7-9(4-2)10(8)11;8-5-6-2-1-3-7(9)4-6;7-5-2-1-3-6(8)4-5;7-5-3-1-2-4-6(5)8/h5-7H,3-4,11H2,1-2H3;1-4H,9H2;1-4H,8H2;1-4,8H,7H2. The summed E-state index contributed by atoms with van der Waals surface area (Å²) < 4.78 is 12.1. The predicted molar refractivity (Wildman–Crippen MR) is 149 cm³/mol. The minimum Gasteiger partial charge on any atom is -0.506 e. The van der Waals surface area contributed by atoms with E-state index in [1.54, 1.807) is 60.7 Å². The zero-order chi connectivity index (χ0) is 26.9. The molecule has 6 nitrogen and oxygen atoms in total. The molecule has 0 unspecified atom stereocenters. The number of phenolic OH excluding ortho intramolecular Hbond substituents is 1. The van der Waals surface area contributed by atoms with Crippen molar-refractivity contribution >= 4 is 22.7 Å². The highest BCUT2D eigenvalue weighted by molar-refractivity contribution is 5.53. The summed E-state index contributed by atoms with van der Waals surface area (Å²) in [5, 5.41) is 17.2. The monoisotopic (exact) mass is 487 g/mol. The molecular weight excluding hydrogens is 453 g/mol. The number of nitrogens with zero attached hydrogens (tertiary/aromatic N) is 1. The Morgan fingerprint density at radius 3 is 1.61 bits per heavy atom. The van der Waals surface area contributed by atoms with E-state index in [1.165, 1.54) is 23.3 Å². The van der Waals surface area contributed by atoms with Crippen molar-refractivity contribution in [3.05, 3.63) is 114 Å². The van der Waals surface area contributed by atoms with E-state index in [-0.39, 0.29) is 11.6 Å². The van der Waals surface area contributed by atoms with Crippen LogP contribution in [0, 0.1) is 17.1 Å². The lowest BCUT2D eigenvalue weighted by molar-refractivity contribution is 0.478. The van der Waals surface area contributed by atoms with E-state index < -0.39 is 0 Å². The summed E-state index contributed by atoms with van der Waals surface area (Å²) >= 11 is 0. The Labute approximate surface area is 212 Å². The number of nitriles is 1. The number of aromatic hydroxyl groups is 1. The molecule has 4 aromatic carbocycles. The van der Waals surface area contributed by atoms with Crippen LogP contribution in [0.4, 0.5) is 27.1 Å². The first-order chi connectivity index (χ1) is 17.2. The number of phenols is 1. The van der Waals surface area contributed by atoms with Gasteiger partial charge in [0.05, 0.1) is 17.3 Å². The van der Waals surface area contributed by atoms with Crippen molar-refractivity contribution < 1.29 is 9.50 Å². The third kappa shape index (κ3) is 10.9. The Morgan fingerprint density at radius 1 is 0.722 bits per heavy atom. The Bertz CT molecular complexity index is 1190. The first-order valence-electron chi connectivity index (χ1n) is 11.4. The Balaban J connectivity index is 0.000000242. The summed E-state index contributed by atoms with van der Waals surface area (Å²) in [6, 6.07) is 27.7. The second-order valence-corrected chi connectivity index (χ2v) is 7.55. The molecule has 4 aromatic rings. The second-order valence-electron chi connectivity index (χ2n) is 7.55. The number of nitrogens with two attached hydrogens (primary N) is 4. The van der Waals surface area contributed by atoms with Crippen LogP contribution in [0.25, 0.3) is 0 Å². The highest BCUT2D eigenvalue weighted by Crippen LogP contribution is 2.18. The summed E-state index contributed by atoms with van der Waals surface area (Å²) in [5.41, 5.74) is 27.4. The fraction of sp³-hybridized carbons (Fsp3) is 0.138. The maximum absolute atomic E-state index is 12.1. The van der Waals surface area contributed by atoms with Gasteiger partial charge in [-0.3, -0.25) is 0 Å². The number of nitrogen functional groups attached to an aromatic ring is 4. The van der Waals surface area contributed by atoms with Crippen LogP contribution in [0.2, 0.25) is 0 Å². The van der Waals surface area contributed by atoms with E-state index in [0.29, 0.717) is 22.6 Å². The average molecular weight is 488 g/mol. The Kier molecular flexibility index (Phi) is 13.0.